The number of piperidine rings is 1. The molecule has 0 aromatic heterocycles. The number of hydrogen-bond acceptors (Lipinski definition) is 4. The van der Waals surface area contributed by atoms with Crippen LogP contribution in [0.15, 0.2) is 48.5 Å². The Kier molecular flexibility index (Phi) is 7.93. The summed E-state index contributed by atoms with van der Waals surface area (Å²) in [5.41, 5.74) is 1.80. The molecule has 0 bridgehead atoms. The number of methoxy groups -OCH3 is 2. The highest BCUT2D eigenvalue weighted by Gasteiger charge is 2.41. The first kappa shape index (κ1) is 22.7. The molecule has 2 aromatic carbocycles. The van der Waals surface area contributed by atoms with Crippen molar-refractivity contribution in [3.8, 4) is 11.5 Å². The SMILES string of the molecule is CCCCN1C(=O)CCC(C(=O)NCc2ccccc2OC)C1c1ccccc1OC. The minimum absolute atomic E-state index is 0.0594. The van der Waals surface area contributed by atoms with Gasteiger partial charge in [0.1, 0.15) is 11.5 Å². The van der Waals surface area contributed by atoms with Crippen molar-refractivity contribution in [2.75, 3.05) is 20.8 Å². The summed E-state index contributed by atoms with van der Waals surface area (Å²) in [5.74, 6) is 1.13. The summed E-state index contributed by atoms with van der Waals surface area (Å²) in [6.45, 7) is 3.11. The summed E-state index contributed by atoms with van der Waals surface area (Å²) >= 11 is 0. The van der Waals surface area contributed by atoms with Gasteiger partial charge in [-0.3, -0.25) is 9.59 Å². The fourth-order valence-electron chi connectivity index (χ4n) is 4.28. The van der Waals surface area contributed by atoms with Crippen molar-refractivity contribution in [3.05, 3.63) is 59.7 Å². The number of hydrogen-bond donors (Lipinski definition) is 1. The zero-order valence-electron chi connectivity index (χ0n) is 18.6. The molecule has 31 heavy (non-hydrogen) atoms. The number of unbranched alkanes of at least 4 members (excludes halogenated alkanes) is 1. The van der Waals surface area contributed by atoms with E-state index >= 15 is 0 Å². The van der Waals surface area contributed by atoms with Crippen molar-refractivity contribution < 1.29 is 19.1 Å². The lowest BCUT2D eigenvalue weighted by molar-refractivity contribution is -0.143. The summed E-state index contributed by atoms with van der Waals surface area (Å²) < 4.78 is 11.0. The van der Waals surface area contributed by atoms with Crippen molar-refractivity contribution >= 4 is 11.8 Å². The van der Waals surface area contributed by atoms with Gasteiger partial charge in [-0.05, 0) is 25.0 Å². The Morgan fingerprint density at radius 2 is 1.74 bits per heavy atom. The molecule has 166 valence electrons. The number of rotatable bonds is 9. The highest BCUT2D eigenvalue weighted by atomic mass is 16.5. The van der Waals surface area contributed by atoms with Crippen molar-refractivity contribution in [1.29, 1.82) is 0 Å². The van der Waals surface area contributed by atoms with Gasteiger partial charge in [-0.15, -0.1) is 0 Å². The monoisotopic (exact) mass is 424 g/mol. The Labute approximate surface area is 184 Å². The lowest BCUT2D eigenvalue weighted by Crippen LogP contribution is -2.48. The molecule has 1 aliphatic heterocycles. The molecule has 0 aliphatic carbocycles. The third-order valence-electron chi connectivity index (χ3n) is 5.90. The van der Waals surface area contributed by atoms with Crippen molar-refractivity contribution in [1.82, 2.24) is 10.2 Å². The van der Waals surface area contributed by atoms with Crippen LogP contribution >= 0.6 is 0 Å². The Bertz CT molecular complexity index is 899. The zero-order valence-corrected chi connectivity index (χ0v) is 18.6. The first-order valence-electron chi connectivity index (χ1n) is 10.9. The number of nitrogens with zero attached hydrogens (tertiary/aromatic N) is 1. The predicted molar refractivity (Wildman–Crippen MR) is 120 cm³/mol. The molecule has 1 saturated heterocycles. The molecule has 2 atom stereocenters. The minimum Gasteiger partial charge on any atom is -0.496 e. The molecule has 1 N–H and O–H groups in total. The van der Waals surface area contributed by atoms with Gasteiger partial charge in [0.2, 0.25) is 11.8 Å². The van der Waals surface area contributed by atoms with Gasteiger partial charge in [-0.2, -0.15) is 0 Å². The second-order valence-electron chi connectivity index (χ2n) is 7.80. The molecular formula is C25H32N2O4. The van der Waals surface area contributed by atoms with Gasteiger partial charge in [0, 0.05) is 30.6 Å². The molecule has 0 saturated carbocycles. The molecule has 3 rings (SSSR count). The van der Waals surface area contributed by atoms with Crippen LogP contribution in [0.3, 0.4) is 0 Å². The first-order chi connectivity index (χ1) is 15.1. The number of amides is 2. The fraction of sp³-hybridized carbons (Fsp3) is 0.440. The quantitative estimate of drug-likeness (QED) is 0.658. The van der Waals surface area contributed by atoms with Crippen molar-refractivity contribution in [2.45, 2.75) is 45.2 Å². The van der Waals surface area contributed by atoms with E-state index in [-0.39, 0.29) is 23.8 Å². The van der Waals surface area contributed by atoms with Crippen LogP contribution in [0.5, 0.6) is 11.5 Å². The summed E-state index contributed by atoms with van der Waals surface area (Å²) in [6.07, 6.45) is 2.77. The number of nitrogens with one attached hydrogen (secondary N) is 1. The molecule has 2 aromatic rings. The van der Waals surface area contributed by atoms with Crippen LogP contribution in [0.4, 0.5) is 0 Å². The fourth-order valence-corrected chi connectivity index (χ4v) is 4.28. The van der Waals surface area contributed by atoms with E-state index in [0.29, 0.717) is 31.7 Å². The molecule has 1 fully saturated rings. The highest BCUT2D eigenvalue weighted by Crippen LogP contribution is 2.41. The zero-order chi connectivity index (χ0) is 22.2. The van der Waals surface area contributed by atoms with Crippen LogP contribution in [0.2, 0.25) is 0 Å². The average Bonchev–Trinajstić information content (AvgIpc) is 2.81. The normalized spacial score (nSPS) is 18.5. The highest BCUT2D eigenvalue weighted by molar-refractivity contribution is 5.85. The Morgan fingerprint density at radius 1 is 1.06 bits per heavy atom. The van der Waals surface area contributed by atoms with Gasteiger partial charge in [-0.1, -0.05) is 49.7 Å². The van der Waals surface area contributed by atoms with Crippen molar-refractivity contribution in [3.63, 3.8) is 0 Å². The Balaban J connectivity index is 1.88. The number of benzene rings is 2. The van der Waals surface area contributed by atoms with Crippen LogP contribution in [0.25, 0.3) is 0 Å². The summed E-state index contributed by atoms with van der Waals surface area (Å²) in [5, 5.41) is 3.07. The van der Waals surface area contributed by atoms with Gasteiger partial charge in [-0.25, -0.2) is 0 Å². The molecule has 2 unspecified atom stereocenters. The lowest BCUT2D eigenvalue weighted by Gasteiger charge is -2.41. The minimum atomic E-state index is -0.347. The molecule has 1 aliphatic rings. The molecular weight excluding hydrogens is 392 g/mol. The maximum Gasteiger partial charge on any atom is 0.225 e. The van der Waals surface area contributed by atoms with Crippen LogP contribution in [0, 0.1) is 5.92 Å². The third kappa shape index (κ3) is 5.19. The van der Waals surface area contributed by atoms with E-state index in [4.69, 9.17) is 9.47 Å². The van der Waals surface area contributed by atoms with E-state index < -0.39 is 0 Å². The molecule has 1 heterocycles. The van der Waals surface area contributed by atoms with Gasteiger partial charge < -0.3 is 19.7 Å². The van der Waals surface area contributed by atoms with Crippen molar-refractivity contribution in [2.24, 2.45) is 5.92 Å². The van der Waals surface area contributed by atoms with E-state index in [9.17, 15) is 9.59 Å². The first-order valence-corrected chi connectivity index (χ1v) is 10.9. The van der Waals surface area contributed by atoms with E-state index in [0.717, 1.165) is 29.7 Å². The van der Waals surface area contributed by atoms with Crippen LogP contribution in [0.1, 0.15) is 49.8 Å². The molecule has 0 radical (unpaired) electrons. The third-order valence-corrected chi connectivity index (χ3v) is 5.90. The summed E-state index contributed by atoms with van der Waals surface area (Å²) in [6, 6.07) is 15.0. The molecule has 2 amide bonds. The largest absolute Gasteiger partial charge is 0.496 e. The van der Waals surface area contributed by atoms with Gasteiger partial charge in [0.15, 0.2) is 0 Å². The van der Waals surface area contributed by atoms with Crippen LogP contribution < -0.4 is 14.8 Å². The Morgan fingerprint density at radius 3 is 2.45 bits per heavy atom. The number of likely N-dealkylation sites (tertiary alicyclic amines) is 1. The van der Waals surface area contributed by atoms with E-state index in [1.54, 1.807) is 14.2 Å². The number of ether oxygens (including phenoxy) is 2. The summed E-state index contributed by atoms with van der Waals surface area (Å²) in [7, 11) is 3.24. The molecule has 0 spiro atoms. The number of carbonyl (C=O) groups is 2. The van der Waals surface area contributed by atoms with Crippen LogP contribution in [-0.2, 0) is 16.1 Å². The smallest absolute Gasteiger partial charge is 0.225 e. The van der Waals surface area contributed by atoms with E-state index in [2.05, 4.69) is 12.2 Å². The average molecular weight is 425 g/mol. The van der Waals surface area contributed by atoms with Gasteiger partial charge >= 0.3 is 0 Å². The van der Waals surface area contributed by atoms with E-state index in [1.807, 2.05) is 53.4 Å². The maximum absolute atomic E-state index is 13.3. The maximum atomic E-state index is 13.3. The Hall–Kier alpha value is -3.02. The number of carbonyl (C=O) groups excluding carboxylic acids is 2. The molecule has 6 heteroatoms. The topological polar surface area (TPSA) is 67.9 Å². The molecule has 6 nitrogen and oxygen atoms in total. The standard InChI is InChI=1S/C25H32N2O4/c1-4-5-16-27-23(28)15-14-20(24(27)19-11-7-9-13-22(19)31-3)25(29)26-17-18-10-6-8-12-21(18)30-2/h6-13,20,24H,4-5,14-17H2,1-3H3,(H,26,29). The van der Waals surface area contributed by atoms with Crippen LogP contribution in [-0.4, -0.2) is 37.5 Å². The summed E-state index contributed by atoms with van der Waals surface area (Å²) in [4.78, 5) is 28.1. The second-order valence-corrected chi connectivity index (χ2v) is 7.80. The number of para-hydroxylation sites is 2. The predicted octanol–water partition coefficient (Wildman–Crippen LogP) is 4.10. The van der Waals surface area contributed by atoms with E-state index in [1.165, 1.54) is 0 Å². The lowest BCUT2D eigenvalue weighted by atomic mass is 9.83. The second kappa shape index (κ2) is 10.8. The van der Waals surface area contributed by atoms with Gasteiger partial charge in [0.05, 0.1) is 26.2 Å². The van der Waals surface area contributed by atoms with Gasteiger partial charge in [0.25, 0.3) is 0 Å².